The number of piperidine rings is 1. The minimum absolute atomic E-state index is 0.101. The van der Waals surface area contributed by atoms with Crippen LogP contribution in [0.3, 0.4) is 0 Å². The lowest BCUT2D eigenvalue weighted by Crippen LogP contribution is -2.52. The lowest BCUT2D eigenvalue weighted by molar-refractivity contribution is -0.0101. The Bertz CT molecular complexity index is 212. The van der Waals surface area contributed by atoms with Gasteiger partial charge in [0.1, 0.15) is 6.17 Å². The summed E-state index contributed by atoms with van der Waals surface area (Å²) in [4.78, 5) is 2.26. The van der Waals surface area contributed by atoms with Crippen LogP contribution in [0, 0.1) is 11.3 Å². The molecule has 0 aromatic rings. The topological polar surface area (TPSA) is 3.24 Å². The molecule has 1 unspecified atom stereocenters. The highest BCUT2D eigenvalue weighted by Gasteiger charge is 2.39. The Morgan fingerprint density at radius 3 is 1.93 bits per heavy atom. The maximum absolute atomic E-state index is 14.1. The molecule has 0 radical (unpaired) electrons. The van der Waals surface area contributed by atoms with Crippen molar-refractivity contribution in [2.45, 2.75) is 59.7 Å². The number of nitrogens with zero attached hydrogens (tertiary/aromatic N) is 1. The largest absolute Gasteiger partial charge is 0.296 e. The van der Waals surface area contributed by atoms with Gasteiger partial charge in [-0.25, -0.2) is 4.39 Å². The van der Waals surface area contributed by atoms with Crippen molar-refractivity contribution in [3.63, 3.8) is 0 Å². The first-order valence-electron chi connectivity index (χ1n) is 6.01. The van der Waals surface area contributed by atoms with Crippen molar-refractivity contribution in [1.82, 2.24) is 4.90 Å². The Balaban J connectivity index is 2.64. The minimum Gasteiger partial charge on any atom is -0.296 e. The van der Waals surface area contributed by atoms with Gasteiger partial charge < -0.3 is 0 Å². The molecule has 0 aromatic carbocycles. The molecule has 2 atom stereocenters. The quantitative estimate of drug-likeness (QED) is 0.598. The molecule has 1 nitrogen and oxygen atoms in total. The summed E-state index contributed by atoms with van der Waals surface area (Å²) in [6.45, 7) is 14.6. The molecule has 0 bridgehead atoms. The Morgan fingerprint density at radius 2 is 1.60 bits per heavy atom. The molecule has 0 N–H and O–H groups in total. The summed E-state index contributed by atoms with van der Waals surface area (Å²) in [5.41, 5.74) is 0.205. The van der Waals surface area contributed by atoms with Crippen molar-refractivity contribution >= 4 is 0 Å². The van der Waals surface area contributed by atoms with Gasteiger partial charge in [0, 0.05) is 12.1 Å². The molecule has 1 rings (SSSR count). The number of hydrogen-bond acceptors (Lipinski definition) is 1. The number of alkyl halides is 1. The van der Waals surface area contributed by atoms with E-state index in [1.54, 1.807) is 0 Å². The predicted octanol–water partition coefficient (Wildman–Crippen LogP) is 3.49. The van der Waals surface area contributed by atoms with Crippen LogP contribution in [0.2, 0.25) is 0 Å². The monoisotopic (exact) mass is 215 g/mol. The first kappa shape index (κ1) is 13.0. The second kappa shape index (κ2) is 4.04. The minimum atomic E-state index is -0.669. The lowest BCUT2D eigenvalue weighted by atomic mass is 9.74. The van der Waals surface area contributed by atoms with E-state index in [0.29, 0.717) is 6.54 Å². The van der Waals surface area contributed by atoms with E-state index in [4.69, 9.17) is 0 Å². The highest BCUT2D eigenvalue weighted by atomic mass is 19.1. The lowest BCUT2D eigenvalue weighted by Gasteiger charge is -2.46. The molecule has 0 spiro atoms. The molecule has 15 heavy (non-hydrogen) atoms. The maximum Gasteiger partial charge on any atom is 0.116 e. The van der Waals surface area contributed by atoms with Crippen LogP contribution >= 0.6 is 0 Å². The molecule has 1 heterocycles. The molecule has 1 aliphatic rings. The molecule has 0 saturated carbocycles. The van der Waals surface area contributed by atoms with Crippen LogP contribution < -0.4 is 0 Å². The maximum atomic E-state index is 14.1. The van der Waals surface area contributed by atoms with E-state index < -0.39 is 6.17 Å². The fourth-order valence-electron chi connectivity index (χ4n) is 2.49. The van der Waals surface area contributed by atoms with Crippen LogP contribution in [-0.2, 0) is 0 Å². The van der Waals surface area contributed by atoms with Gasteiger partial charge in [0.15, 0.2) is 0 Å². The molecule has 0 aromatic heterocycles. The third kappa shape index (κ3) is 3.17. The smallest absolute Gasteiger partial charge is 0.116 e. The third-order valence-electron chi connectivity index (χ3n) is 3.60. The van der Waals surface area contributed by atoms with E-state index in [9.17, 15) is 4.39 Å². The number of rotatable bonds is 0. The van der Waals surface area contributed by atoms with Crippen molar-refractivity contribution in [2.24, 2.45) is 11.3 Å². The van der Waals surface area contributed by atoms with E-state index in [1.165, 1.54) is 0 Å². The Morgan fingerprint density at radius 1 is 1.07 bits per heavy atom. The van der Waals surface area contributed by atoms with Gasteiger partial charge >= 0.3 is 0 Å². The Hall–Kier alpha value is -0.110. The molecule has 1 saturated heterocycles. The fourth-order valence-corrected chi connectivity index (χ4v) is 2.49. The average Bonchev–Trinajstić information content (AvgIpc) is 1.99. The van der Waals surface area contributed by atoms with Crippen LogP contribution in [-0.4, -0.2) is 29.7 Å². The fraction of sp³-hybridized carbons (Fsp3) is 1.00. The molecule has 2 heteroatoms. The van der Waals surface area contributed by atoms with Crippen LogP contribution in [0.1, 0.15) is 48.0 Å². The van der Waals surface area contributed by atoms with Crippen LogP contribution in [0.25, 0.3) is 0 Å². The van der Waals surface area contributed by atoms with Gasteiger partial charge in [0.25, 0.3) is 0 Å². The SMILES string of the molecule is CC(C)(C)C1CCN(C(C)(C)C)C[C@H]1F. The molecular weight excluding hydrogens is 189 g/mol. The summed E-state index contributed by atoms with van der Waals surface area (Å²) >= 11 is 0. The van der Waals surface area contributed by atoms with Crippen molar-refractivity contribution in [3.8, 4) is 0 Å². The van der Waals surface area contributed by atoms with E-state index in [2.05, 4.69) is 46.4 Å². The Kier molecular flexibility index (Phi) is 3.49. The molecule has 1 aliphatic heterocycles. The number of halogens is 1. The van der Waals surface area contributed by atoms with Crippen molar-refractivity contribution in [1.29, 1.82) is 0 Å². The predicted molar refractivity (Wildman–Crippen MR) is 63.8 cm³/mol. The van der Waals surface area contributed by atoms with Gasteiger partial charge in [0.05, 0.1) is 0 Å². The molecule has 1 fully saturated rings. The summed E-state index contributed by atoms with van der Waals surface area (Å²) in [5.74, 6) is 0.219. The summed E-state index contributed by atoms with van der Waals surface area (Å²) in [5, 5.41) is 0. The molecule has 0 amide bonds. The van der Waals surface area contributed by atoms with Gasteiger partial charge in [-0.2, -0.15) is 0 Å². The third-order valence-corrected chi connectivity index (χ3v) is 3.60. The zero-order valence-electron chi connectivity index (χ0n) is 11.1. The average molecular weight is 215 g/mol. The normalized spacial score (nSPS) is 30.6. The summed E-state index contributed by atoms with van der Waals surface area (Å²) < 4.78 is 14.1. The van der Waals surface area contributed by atoms with E-state index >= 15 is 0 Å². The standard InChI is InChI=1S/C13H26FN/c1-12(2,3)10-7-8-15(9-11(10)14)13(4,5)6/h10-11H,7-9H2,1-6H3/t10?,11-/m1/s1. The number of hydrogen-bond donors (Lipinski definition) is 0. The summed E-state index contributed by atoms with van der Waals surface area (Å²) in [6.07, 6.45) is 0.319. The first-order valence-corrected chi connectivity index (χ1v) is 6.01. The zero-order chi connectivity index (χ0) is 11.9. The van der Waals surface area contributed by atoms with E-state index in [0.717, 1.165) is 13.0 Å². The van der Waals surface area contributed by atoms with Gasteiger partial charge in [-0.3, -0.25) is 4.90 Å². The van der Waals surface area contributed by atoms with Crippen LogP contribution in [0.5, 0.6) is 0 Å². The molecule has 0 aliphatic carbocycles. The van der Waals surface area contributed by atoms with Gasteiger partial charge in [0.2, 0.25) is 0 Å². The van der Waals surface area contributed by atoms with Crippen molar-refractivity contribution < 1.29 is 4.39 Å². The van der Waals surface area contributed by atoms with Crippen LogP contribution in [0.15, 0.2) is 0 Å². The van der Waals surface area contributed by atoms with Crippen LogP contribution in [0.4, 0.5) is 4.39 Å². The van der Waals surface area contributed by atoms with E-state index in [1.807, 2.05) is 0 Å². The molecule has 90 valence electrons. The Labute approximate surface area is 94.0 Å². The summed E-state index contributed by atoms with van der Waals surface area (Å²) in [7, 11) is 0. The second-order valence-electron chi connectivity index (χ2n) is 6.89. The van der Waals surface area contributed by atoms with Gasteiger partial charge in [-0.15, -0.1) is 0 Å². The van der Waals surface area contributed by atoms with E-state index in [-0.39, 0.29) is 16.9 Å². The second-order valence-corrected chi connectivity index (χ2v) is 6.89. The van der Waals surface area contributed by atoms with Crippen molar-refractivity contribution in [2.75, 3.05) is 13.1 Å². The van der Waals surface area contributed by atoms with Crippen molar-refractivity contribution in [3.05, 3.63) is 0 Å². The summed E-state index contributed by atoms with van der Waals surface area (Å²) in [6, 6.07) is 0. The highest BCUT2D eigenvalue weighted by Crippen LogP contribution is 2.37. The number of likely N-dealkylation sites (tertiary alicyclic amines) is 1. The highest BCUT2D eigenvalue weighted by molar-refractivity contribution is 4.91. The van der Waals surface area contributed by atoms with Gasteiger partial charge in [-0.1, -0.05) is 20.8 Å². The van der Waals surface area contributed by atoms with Gasteiger partial charge in [-0.05, 0) is 45.1 Å². The zero-order valence-corrected chi connectivity index (χ0v) is 11.1. The first-order chi connectivity index (χ1) is 6.62. The molecular formula is C13H26FN.